The molecule has 0 aliphatic rings. The lowest BCUT2D eigenvalue weighted by Gasteiger charge is -2.18. The summed E-state index contributed by atoms with van der Waals surface area (Å²) in [5.74, 6) is -1.71. The molecule has 0 fully saturated rings. The first kappa shape index (κ1) is 18.4. The van der Waals surface area contributed by atoms with Crippen LogP contribution in [-0.2, 0) is 14.3 Å². The van der Waals surface area contributed by atoms with Crippen LogP contribution in [-0.4, -0.2) is 54.7 Å². The molecular formula is C14H26N2O4. The zero-order valence-electron chi connectivity index (χ0n) is 12.8. The van der Waals surface area contributed by atoms with Gasteiger partial charge < -0.3 is 20.1 Å². The molecule has 0 rings (SSSR count). The Morgan fingerprint density at radius 1 is 1.35 bits per heavy atom. The standard InChI is InChI=1S/C14H26N2O4/c1-5-16(6-2)9-7-8-12(14(18)19)15-13(17)11(3)10-20-4/h7,9,11-12H,5-6,8,10H2,1-4H3,(H,15,17)(H,18,19)/b9-7+/t11?,12-/m0/s1. The van der Waals surface area contributed by atoms with Gasteiger partial charge in [-0.3, -0.25) is 4.79 Å². The largest absolute Gasteiger partial charge is 0.480 e. The van der Waals surface area contributed by atoms with Crippen LogP contribution in [0.1, 0.15) is 27.2 Å². The van der Waals surface area contributed by atoms with Crippen molar-refractivity contribution in [2.24, 2.45) is 5.92 Å². The van der Waals surface area contributed by atoms with Crippen molar-refractivity contribution >= 4 is 11.9 Å². The van der Waals surface area contributed by atoms with Gasteiger partial charge in [-0.25, -0.2) is 4.79 Å². The second-order valence-electron chi connectivity index (χ2n) is 4.60. The van der Waals surface area contributed by atoms with E-state index in [0.717, 1.165) is 13.1 Å². The summed E-state index contributed by atoms with van der Waals surface area (Å²) in [7, 11) is 1.51. The minimum atomic E-state index is -1.04. The Labute approximate surface area is 120 Å². The number of nitrogens with zero attached hydrogens (tertiary/aromatic N) is 1. The molecule has 0 spiro atoms. The summed E-state index contributed by atoms with van der Waals surface area (Å²) < 4.78 is 4.88. The van der Waals surface area contributed by atoms with Crippen LogP contribution in [0.5, 0.6) is 0 Å². The van der Waals surface area contributed by atoms with Gasteiger partial charge in [0.15, 0.2) is 0 Å². The molecule has 0 aromatic heterocycles. The highest BCUT2D eigenvalue weighted by molar-refractivity contribution is 5.84. The number of amides is 1. The Bertz CT molecular complexity index is 327. The van der Waals surface area contributed by atoms with Gasteiger partial charge in [-0.05, 0) is 26.5 Å². The average molecular weight is 286 g/mol. The van der Waals surface area contributed by atoms with Crippen molar-refractivity contribution in [3.05, 3.63) is 12.3 Å². The Kier molecular flexibility index (Phi) is 9.45. The Balaban J connectivity index is 4.44. The van der Waals surface area contributed by atoms with Crippen molar-refractivity contribution in [2.75, 3.05) is 26.8 Å². The Morgan fingerprint density at radius 2 is 1.95 bits per heavy atom. The molecule has 2 atom stereocenters. The number of hydrogen-bond donors (Lipinski definition) is 2. The lowest BCUT2D eigenvalue weighted by molar-refractivity contribution is -0.142. The molecule has 1 amide bonds. The van der Waals surface area contributed by atoms with Crippen molar-refractivity contribution in [2.45, 2.75) is 33.2 Å². The van der Waals surface area contributed by atoms with E-state index < -0.39 is 12.0 Å². The molecule has 0 aliphatic carbocycles. The number of nitrogens with one attached hydrogen (secondary N) is 1. The first-order valence-corrected chi connectivity index (χ1v) is 6.89. The van der Waals surface area contributed by atoms with Crippen molar-refractivity contribution < 1.29 is 19.4 Å². The second-order valence-corrected chi connectivity index (χ2v) is 4.60. The number of aliphatic carboxylic acids is 1. The molecule has 0 bridgehead atoms. The van der Waals surface area contributed by atoms with Gasteiger partial charge in [0.25, 0.3) is 0 Å². The molecule has 6 heteroatoms. The van der Waals surface area contributed by atoms with Gasteiger partial charge in [0.1, 0.15) is 6.04 Å². The van der Waals surface area contributed by atoms with Crippen molar-refractivity contribution in [1.82, 2.24) is 10.2 Å². The van der Waals surface area contributed by atoms with Crippen molar-refractivity contribution in [1.29, 1.82) is 0 Å². The molecule has 0 aromatic rings. The van der Waals surface area contributed by atoms with Crippen LogP contribution >= 0.6 is 0 Å². The summed E-state index contributed by atoms with van der Waals surface area (Å²) >= 11 is 0. The van der Waals surface area contributed by atoms with E-state index in [1.807, 2.05) is 24.9 Å². The number of carbonyl (C=O) groups is 2. The van der Waals surface area contributed by atoms with E-state index in [9.17, 15) is 9.59 Å². The lowest BCUT2D eigenvalue weighted by Crippen LogP contribution is -2.43. The quantitative estimate of drug-likeness (QED) is 0.628. The summed E-state index contributed by atoms with van der Waals surface area (Å²) in [4.78, 5) is 25.0. The third-order valence-corrected chi connectivity index (χ3v) is 2.98. The number of rotatable bonds is 10. The van der Waals surface area contributed by atoms with E-state index >= 15 is 0 Å². The first-order chi connectivity index (χ1) is 9.46. The molecular weight excluding hydrogens is 260 g/mol. The van der Waals surface area contributed by atoms with Crippen LogP contribution in [0.2, 0.25) is 0 Å². The number of hydrogen-bond acceptors (Lipinski definition) is 4. The summed E-state index contributed by atoms with van der Waals surface area (Å²) in [5, 5.41) is 11.6. The lowest BCUT2D eigenvalue weighted by atomic mass is 10.1. The highest BCUT2D eigenvalue weighted by Gasteiger charge is 2.21. The van der Waals surface area contributed by atoms with E-state index in [1.54, 1.807) is 13.0 Å². The van der Waals surface area contributed by atoms with Crippen LogP contribution in [0, 0.1) is 5.92 Å². The van der Waals surface area contributed by atoms with E-state index in [2.05, 4.69) is 5.32 Å². The van der Waals surface area contributed by atoms with Gasteiger partial charge in [0.05, 0.1) is 12.5 Å². The smallest absolute Gasteiger partial charge is 0.326 e. The summed E-state index contributed by atoms with van der Waals surface area (Å²) in [6, 6.07) is -0.909. The molecule has 1 unspecified atom stereocenters. The molecule has 0 saturated heterocycles. The van der Waals surface area contributed by atoms with E-state index in [-0.39, 0.29) is 24.9 Å². The third kappa shape index (κ3) is 7.13. The Hall–Kier alpha value is -1.56. The van der Waals surface area contributed by atoms with Crippen LogP contribution in [0.25, 0.3) is 0 Å². The number of carboxylic acid groups (broad SMARTS) is 1. The maximum Gasteiger partial charge on any atom is 0.326 e. The average Bonchev–Trinajstić information content (AvgIpc) is 2.42. The molecule has 0 saturated carbocycles. The van der Waals surface area contributed by atoms with Crippen LogP contribution in [0.15, 0.2) is 12.3 Å². The number of carboxylic acids is 1. The Morgan fingerprint density at radius 3 is 2.40 bits per heavy atom. The SMILES string of the molecule is CCN(/C=C/C[C@H](NC(=O)C(C)COC)C(=O)O)CC. The van der Waals surface area contributed by atoms with Crippen LogP contribution in [0.3, 0.4) is 0 Å². The zero-order valence-corrected chi connectivity index (χ0v) is 12.8. The molecule has 0 radical (unpaired) electrons. The predicted molar refractivity (Wildman–Crippen MR) is 77.3 cm³/mol. The van der Waals surface area contributed by atoms with Gasteiger partial charge in [0, 0.05) is 20.2 Å². The predicted octanol–water partition coefficient (Wildman–Crippen LogP) is 1.08. The number of ether oxygens (including phenoxy) is 1. The van der Waals surface area contributed by atoms with Crippen LogP contribution < -0.4 is 5.32 Å². The second kappa shape index (κ2) is 10.3. The fourth-order valence-electron chi connectivity index (χ4n) is 1.64. The fourth-order valence-corrected chi connectivity index (χ4v) is 1.64. The minimum Gasteiger partial charge on any atom is -0.480 e. The molecule has 2 N–H and O–H groups in total. The highest BCUT2D eigenvalue weighted by atomic mass is 16.5. The van der Waals surface area contributed by atoms with Gasteiger partial charge in [-0.1, -0.05) is 13.0 Å². The topological polar surface area (TPSA) is 78.9 Å². The first-order valence-electron chi connectivity index (χ1n) is 6.89. The third-order valence-electron chi connectivity index (χ3n) is 2.98. The summed E-state index contributed by atoms with van der Waals surface area (Å²) in [5.41, 5.74) is 0. The van der Waals surface area contributed by atoms with Crippen molar-refractivity contribution in [3.63, 3.8) is 0 Å². The monoisotopic (exact) mass is 286 g/mol. The zero-order chi connectivity index (χ0) is 15.5. The molecule has 116 valence electrons. The van der Waals surface area contributed by atoms with Gasteiger partial charge in [-0.15, -0.1) is 0 Å². The number of carbonyl (C=O) groups excluding carboxylic acids is 1. The van der Waals surface area contributed by atoms with Crippen molar-refractivity contribution in [3.8, 4) is 0 Å². The maximum atomic E-state index is 11.8. The fraction of sp³-hybridized carbons (Fsp3) is 0.714. The van der Waals surface area contributed by atoms with Gasteiger partial charge in [-0.2, -0.15) is 0 Å². The van der Waals surface area contributed by atoms with E-state index in [1.165, 1.54) is 7.11 Å². The molecule has 6 nitrogen and oxygen atoms in total. The number of methoxy groups -OCH3 is 1. The van der Waals surface area contributed by atoms with Gasteiger partial charge in [0.2, 0.25) is 5.91 Å². The highest BCUT2D eigenvalue weighted by Crippen LogP contribution is 2.01. The summed E-state index contributed by atoms with van der Waals surface area (Å²) in [6.45, 7) is 7.74. The summed E-state index contributed by atoms with van der Waals surface area (Å²) in [6.07, 6.45) is 3.89. The van der Waals surface area contributed by atoms with Gasteiger partial charge >= 0.3 is 5.97 Å². The molecule has 20 heavy (non-hydrogen) atoms. The van der Waals surface area contributed by atoms with E-state index in [0.29, 0.717) is 0 Å². The normalized spacial score (nSPS) is 14.0. The minimum absolute atomic E-state index is 0.261. The molecule has 0 aliphatic heterocycles. The van der Waals surface area contributed by atoms with Crippen LogP contribution in [0.4, 0.5) is 0 Å². The molecule has 0 heterocycles. The molecule has 0 aromatic carbocycles. The maximum absolute atomic E-state index is 11.8. The van der Waals surface area contributed by atoms with E-state index in [4.69, 9.17) is 9.84 Å².